The molecular weight excluding hydrogens is 264 g/mol. The van der Waals surface area contributed by atoms with Crippen molar-refractivity contribution < 1.29 is 9.59 Å². The molecule has 1 aromatic rings. The van der Waals surface area contributed by atoms with Crippen LogP contribution in [0.25, 0.3) is 0 Å². The Morgan fingerprint density at radius 3 is 2.62 bits per heavy atom. The van der Waals surface area contributed by atoms with Crippen LogP contribution in [0.2, 0.25) is 0 Å². The van der Waals surface area contributed by atoms with Crippen LogP contribution >= 0.6 is 0 Å². The Labute approximate surface area is 122 Å². The summed E-state index contributed by atoms with van der Waals surface area (Å²) in [5.74, 6) is -1.17. The Hall–Kier alpha value is -2.41. The minimum Gasteiger partial charge on any atom is -0.274 e. The first-order chi connectivity index (χ1) is 10.2. The summed E-state index contributed by atoms with van der Waals surface area (Å²) in [6, 6.07) is 11.3. The second-order valence-electron chi connectivity index (χ2n) is 6.05. The number of allylic oxidation sites excluding steroid dienone is 1. The zero-order chi connectivity index (χ0) is 14.6. The summed E-state index contributed by atoms with van der Waals surface area (Å²) in [5, 5.41) is 9.45. The van der Waals surface area contributed by atoms with Gasteiger partial charge in [-0.05, 0) is 30.9 Å². The first kappa shape index (κ1) is 12.3. The Morgan fingerprint density at radius 2 is 2.00 bits per heavy atom. The number of para-hydroxylation sites is 1. The monoisotopic (exact) mass is 278 g/mol. The van der Waals surface area contributed by atoms with E-state index in [-0.39, 0.29) is 23.7 Å². The van der Waals surface area contributed by atoms with Crippen LogP contribution in [0.1, 0.15) is 12.8 Å². The molecule has 2 amide bonds. The highest BCUT2D eigenvalue weighted by Crippen LogP contribution is 2.57. The normalized spacial score (nSPS) is 36.7. The van der Waals surface area contributed by atoms with Gasteiger partial charge in [0.25, 0.3) is 0 Å². The van der Waals surface area contributed by atoms with Crippen molar-refractivity contribution in [2.75, 3.05) is 4.90 Å². The van der Waals surface area contributed by atoms with E-state index in [0.29, 0.717) is 12.1 Å². The molecule has 4 heteroatoms. The topological polar surface area (TPSA) is 61.2 Å². The predicted octanol–water partition coefficient (Wildman–Crippen LogP) is 2.28. The van der Waals surface area contributed by atoms with Crippen LogP contribution in [0.15, 0.2) is 42.5 Å². The number of carbonyl (C=O) groups is 2. The molecule has 4 atom stereocenters. The summed E-state index contributed by atoms with van der Waals surface area (Å²) in [6.07, 6.45) is 5.34. The molecule has 1 aliphatic heterocycles. The fraction of sp³-hybridized carbons (Fsp3) is 0.353. The number of amides is 2. The third-order valence-corrected chi connectivity index (χ3v) is 5.16. The van der Waals surface area contributed by atoms with E-state index in [0.717, 1.165) is 6.42 Å². The molecule has 1 heterocycles. The Balaban J connectivity index is 1.87. The highest BCUT2D eigenvalue weighted by molar-refractivity contribution is 6.24. The van der Waals surface area contributed by atoms with E-state index in [1.807, 2.05) is 30.4 Å². The molecule has 0 aromatic heterocycles. The standard InChI is InChI=1S/C17H14N2O2/c18-10-13-11-6-8-17(9-7-11)14(13)15(20)19(16(17)21)12-4-2-1-3-5-12/h1-6,8,11,13-14H,7,9H2/t11-,13+,14+,17-/m1/s1. The number of imide groups is 1. The second kappa shape index (κ2) is 4.05. The van der Waals surface area contributed by atoms with Gasteiger partial charge in [-0.1, -0.05) is 30.4 Å². The third kappa shape index (κ3) is 1.38. The molecule has 1 saturated carbocycles. The second-order valence-corrected chi connectivity index (χ2v) is 6.05. The molecule has 3 aliphatic carbocycles. The van der Waals surface area contributed by atoms with Crippen molar-refractivity contribution in [2.24, 2.45) is 23.2 Å². The first-order valence-corrected chi connectivity index (χ1v) is 7.21. The first-order valence-electron chi connectivity index (χ1n) is 7.21. The Morgan fingerprint density at radius 1 is 1.24 bits per heavy atom. The van der Waals surface area contributed by atoms with Gasteiger partial charge in [-0.3, -0.25) is 9.59 Å². The van der Waals surface area contributed by atoms with Crippen LogP contribution in [0.3, 0.4) is 0 Å². The van der Waals surface area contributed by atoms with Gasteiger partial charge in [-0.15, -0.1) is 0 Å². The molecule has 2 bridgehead atoms. The summed E-state index contributed by atoms with van der Waals surface area (Å²) in [5.41, 5.74) is -0.188. The SMILES string of the molecule is N#C[C@H]1[C@@H]2C=C[C@]3(CC2)C(=O)N(c2ccccc2)C(=O)[C@H]13. The Kier molecular flexibility index (Phi) is 2.38. The van der Waals surface area contributed by atoms with Gasteiger partial charge in [-0.25, -0.2) is 4.90 Å². The van der Waals surface area contributed by atoms with Gasteiger partial charge in [-0.2, -0.15) is 5.26 Å². The van der Waals surface area contributed by atoms with E-state index < -0.39 is 11.3 Å². The lowest BCUT2D eigenvalue weighted by molar-refractivity contribution is -0.128. The molecule has 0 radical (unpaired) electrons. The number of fused-ring (bicyclic) bond motifs is 1. The van der Waals surface area contributed by atoms with Gasteiger partial charge in [0.1, 0.15) is 0 Å². The smallest absolute Gasteiger partial charge is 0.244 e. The molecule has 5 rings (SSSR count). The highest BCUT2D eigenvalue weighted by Gasteiger charge is 2.65. The summed E-state index contributed by atoms with van der Waals surface area (Å²) in [4.78, 5) is 27.0. The number of rotatable bonds is 1. The molecule has 21 heavy (non-hydrogen) atoms. The van der Waals surface area contributed by atoms with Crippen LogP contribution < -0.4 is 4.90 Å². The quantitative estimate of drug-likeness (QED) is 0.585. The number of anilines is 1. The summed E-state index contributed by atoms with van der Waals surface area (Å²) < 4.78 is 0. The van der Waals surface area contributed by atoms with Crippen molar-refractivity contribution in [1.29, 1.82) is 5.26 Å². The van der Waals surface area contributed by atoms with E-state index >= 15 is 0 Å². The molecule has 1 spiro atoms. The lowest BCUT2D eigenvalue weighted by Gasteiger charge is -2.43. The van der Waals surface area contributed by atoms with Crippen molar-refractivity contribution in [3.8, 4) is 6.07 Å². The minimum absolute atomic E-state index is 0.106. The molecule has 104 valence electrons. The van der Waals surface area contributed by atoms with Gasteiger partial charge < -0.3 is 0 Å². The van der Waals surface area contributed by atoms with E-state index in [4.69, 9.17) is 0 Å². The maximum absolute atomic E-state index is 12.9. The molecule has 4 aliphatic rings. The van der Waals surface area contributed by atoms with E-state index in [9.17, 15) is 14.9 Å². The highest BCUT2D eigenvalue weighted by atomic mass is 16.2. The number of carbonyl (C=O) groups excluding carboxylic acids is 2. The number of hydrogen-bond acceptors (Lipinski definition) is 3. The fourth-order valence-electron chi connectivity index (χ4n) is 4.13. The lowest BCUT2D eigenvalue weighted by Crippen LogP contribution is -2.46. The van der Waals surface area contributed by atoms with Crippen molar-refractivity contribution in [3.63, 3.8) is 0 Å². The molecule has 1 aromatic carbocycles. The Bertz CT molecular complexity index is 703. The number of nitrogens with zero attached hydrogens (tertiary/aromatic N) is 2. The summed E-state index contributed by atoms with van der Waals surface area (Å²) in [6.45, 7) is 0. The maximum atomic E-state index is 12.9. The van der Waals surface area contributed by atoms with Crippen LogP contribution in [-0.2, 0) is 9.59 Å². The average molecular weight is 278 g/mol. The number of benzene rings is 1. The number of nitriles is 1. The molecule has 1 saturated heterocycles. The van der Waals surface area contributed by atoms with E-state index in [1.54, 1.807) is 12.1 Å². The summed E-state index contributed by atoms with van der Waals surface area (Å²) in [7, 11) is 0. The zero-order valence-corrected chi connectivity index (χ0v) is 11.4. The average Bonchev–Trinajstić information content (AvgIpc) is 2.77. The fourth-order valence-corrected chi connectivity index (χ4v) is 4.13. The van der Waals surface area contributed by atoms with Crippen molar-refractivity contribution in [2.45, 2.75) is 12.8 Å². The minimum atomic E-state index is -0.790. The summed E-state index contributed by atoms with van der Waals surface area (Å²) >= 11 is 0. The molecule has 0 unspecified atom stereocenters. The van der Waals surface area contributed by atoms with Crippen LogP contribution in [0.5, 0.6) is 0 Å². The van der Waals surface area contributed by atoms with Gasteiger partial charge in [0.05, 0.1) is 29.0 Å². The van der Waals surface area contributed by atoms with Crippen LogP contribution in [0, 0.1) is 34.5 Å². The van der Waals surface area contributed by atoms with Gasteiger partial charge in [0, 0.05) is 0 Å². The molecule has 0 N–H and O–H groups in total. The maximum Gasteiger partial charge on any atom is 0.244 e. The van der Waals surface area contributed by atoms with Crippen LogP contribution in [-0.4, -0.2) is 11.8 Å². The van der Waals surface area contributed by atoms with Gasteiger partial charge in [0.15, 0.2) is 0 Å². The van der Waals surface area contributed by atoms with Crippen molar-refractivity contribution in [1.82, 2.24) is 0 Å². The number of hydrogen-bond donors (Lipinski definition) is 0. The molecular formula is C17H14N2O2. The van der Waals surface area contributed by atoms with E-state index in [1.165, 1.54) is 4.90 Å². The van der Waals surface area contributed by atoms with Gasteiger partial charge >= 0.3 is 0 Å². The lowest BCUT2D eigenvalue weighted by atomic mass is 9.55. The zero-order valence-electron chi connectivity index (χ0n) is 11.4. The van der Waals surface area contributed by atoms with Crippen LogP contribution in [0.4, 0.5) is 5.69 Å². The third-order valence-electron chi connectivity index (χ3n) is 5.16. The van der Waals surface area contributed by atoms with Crippen molar-refractivity contribution >= 4 is 17.5 Å². The molecule has 4 nitrogen and oxygen atoms in total. The largest absolute Gasteiger partial charge is 0.274 e. The van der Waals surface area contributed by atoms with E-state index in [2.05, 4.69) is 6.07 Å². The van der Waals surface area contributed by atoms with Gasteiger partial charge in [0.2, 0.25) is 11.8 Å². The predicted molar refractivity (Wildman–Crippen MR) is 75.8 cm³/mol. The van der Waals surface area contributed by atoms with Crippen molar-refractivity contribution in [3.05, 3.63) is 42.5 Å². The molecule has 2 fully saturated rings.